The number of carbonyl (C=O) groups is 1. The van der Waals surface area contributed by atoms with E-state index in [0.29, 0.717) is 16.3 Å². The van der Waals surface area contributed by atoms with Gasteiger partial charge in [0.25, 0.3) is 5.91 Å². The Bertz CT molecular complexity index is 469. The van der Waals surface area contributed by atoms with E-state index in [0.717, 1.165) is 6.42 Å². The van der Waals surface area contributed by atoms with E-state index in [1.54, 1.807) is 12.1 Å². The minimum Gasteiger partial charge on any atom is -0.482 e. The first kappa shape index (κ1) is 14.3. The Morgan fingerprint density at radius 3 is 2.89 bits per heavy atom. The Balaban J connectivity index is 2.54. The average Bonchev–Trinajstić information content (AvgIpc) is 2.36. The Morgan fingerprint density at radius 1 is 1.61 bits per heavy atom. The summed E-state index contributed by atoms with van der Waals surface area (Å²) in [6, 6.07) is 6.77. The van der Waals surface area contributed by atoms with Gasteiger partial charge in [-0.15, -0.1) is 0 Å². The molecule has 5 heteroatoms. The zero-order chi connectivity index (χ0) is 13.5. The molecule has 1 rings (SSSR count). The molecule has 0 bridgehead atoms. The zero-order valence-corrected chi connectivity index (χ0v) is 11.1. The van der Waals surface area contributed by atoms with E-state index in [1.165, 1.54) is 6.07 Å². The van der Waals surface area contributed by atoms with Crippen LogP contribution in [0.1, 0.15) is 25.8 Å². The first-order chi connectivity index (χ1) is 8.56. The number of nitrogens with one attached hydrogen (secondary N) is 1. The fourth-order valence-corrected chi connectivity index (χ4v) is 1.48. The summed E-state index contributed by atoms with van der Waals surface area (Å²) in [4.78, 5) is 11.5. The third-order valence-corrected chi connectivity index (χ3v) is 2.73. The van der Waals surface area contributed by atoms with Gasteiger partial charge in [-0.1, -0.05) is 18.5 Å². The summed E-state index contributed by atoms with van der Waals surface area (Å²) in [5, 5.41) is 11.8. The maximum Gasteiger partial charge on any atom is 0.258 e. The number of rotatable bonds is 5. The van der Waals surface area contributed by atoms with Crippen molar-refractivity contribution in [2.45, 2.75) is 26.3 Å². The Morgan fingerprint density at radius 2 is 2.33 bits per heavy atom. The van der Waals surface area contributed by atoms with Gasteiger partial charge in [0.05, 0.1) is 16.7 Å². The fraction of sp³-hybridized carbons (Fsp3) is 0.385. The van der Waals surface area contributed by atoms with Crippen molar-refractivity contribution in [3.05, 3.63) is 28.8 Å². The highest BCUT2D eigenvalue weighted by atomic mass is 35.5. The molecule has 0 saturated carbocycles. The lowest BCUT2D eigenvalue weighted by Crippen LogP contribution is -2.35. The molecule has 1 amide bonds. The summed E-state index contributed by atoms with van der Waals surface area (Å²) in [7, 11) is 0. The number of hydrogen-bond acceptors (Lipinski definition) is 3. The van der Waals surface area contributed by atoms with Gasteiger partial charge in [-0.2, -0.15) is 5.26 Å². The summed E-state index contributed by atoms with van der Waals surface area (Å²) >= 11 is 5.92. The Hall–Kier alpha value is -1.73. The van der Waals surface area contributed by atoms with Crippen LogP contribution >= 0.6 is 11.6 Å². The molecule has 0 saturated heterocycles. The molecular weight excluding hydrogens is 252 g/mol. The fourth-order valence-electron chi connectivity index (χ4n) is 1.25. The molecular formula is C13H15ClN2O2. The SMILES string of the molecule is CC[C@H](C)NC(=O)COc1ccc(C#N)cc1Cl. The number of ether oxygens (including phenoxy) is 1. The van der Waals surface area contributed by atoms with Gasteiger partial charge in [-0.05, 0) is 31.5 Å². The molecule has 0 heterocycles. The monoisotopic (exact) mass is 266 g/mol. The van der Waals surface area contributed by atoms with Crippen molar-refractivity contribution in [2.24, 2.45) is 0 Å². The predicted octanol–water partition coefficient (Wildman–Crippen LogP) is 2.51. The minimum absolute atomic E-state index is 0.0873. The molecule has 18 heavy (non-hydrogen) atoms. The van der Waals surface area contributed by atoms with Crippen LogP contribution < -0.4 is 10.1 Å². The van der Waals surface area contributed by atoms with Crippen LogP contribution in [0.4, 0.5) is 0 Å². The molecule has 0 radical (unpaired) electrons. The smallest absolute Gasteiger partial charge is 0.258 e. The Labute approximate surface area is 112 Å². The van der Waals surface area contributed by atoms with E-state index in [2.05, 4.69) is 5.32 Å². The lowest BCUT2D eigenvalue weighted by Gasteiger charge is -2.12. The molecule has 0 fully saturated rings. The highest BCUT2D eigenvalue weighted by Gasteiger charge is 2.08. The second-order valence-electron chi connectivity index (χ2n) is 3.92. The quantitative estimate of drug-likeness (QED) is 0.891. The first-order valence-corrected chi connectivity index (χ1v) is 6.06. The third kappa shape index (κ3) is 4.27. The summed E-state index contributed by atoms with van der Waals surface area (Å²) in [5.74, 6) is 0.208. The van der Waals surface area contributed by atoms with Gasteiger partial charge in [-0.3, -0.25) is 4.79 Å². The van der Waals surface area contributed by atoms with Crippen molar-refractivity contribution < 1.29 is 9.53 Å². The third-order valence-electron chi connectivity index (χ3n) is 2.44. The van der Waals surface area contributed by atoms with Crippen LogP contribution in [-0.2, 0) is 4.79 Å². The summed E-state index contributed by atoms with van der Waals surface area (Å²) in [6.45, 7) is 3.83. The van der Waals surface area contributed by atoms with Crippen LogP contribution in [-0.4, -0.2) is 18.6 Å². The van der Waals surface area contributed by atoms with E-state index >= 15 is 0 Å². The van der Waals surface area contributed by atoms with Crippen molar-refractivity contribution >= 4 is 17.5 Å². The van der Waals surface area contributed by atoms with Crippen LogP contribution in [0.3, 0.4) is 0 Å². The molecule has 0 aliphatic rings. The van der Waals surface area contributed by atoms with Gasteiger partial charge in [0.1, 0.15) is 5.75 Å². The molecule has 0 aliphatic heterocycles. The molecule has 0 aliphatic carbocycles. The van der Waals surface area contributed by atoms with Crippen molar-refractivity contribution in [3.8, 4) is 11.8 Å². The first-order valence-electron chi connectivity index (χ1n) is 5.68. The molecule has 1 atom stereocenters. The molecule has 1 N–H and O–H groups in total. The normalized spacial score (nSPS) is 11.4. The number of halogens is 1. The highest BCUT2D eigenvalue weighted by Crippen LogP contribution is 2.24. The summed E-state index contributed by atoms with van der Waals surface area (Å²) in [6.07, 6.45) is 0.864. The molecule has 0 spiro atoms. The molecule has 1 aromatic carbocycles. The standard InChI is InChI=1S/C13H15ClN2O2/c1-3-9(2)16-13(17)8-18-12-5-4-10(7-15)6-11(12)14/h4-6,9H,3,8H2,1-2H3,(H,16,17)/t9-/m0/s1. The molecule has 4 nitrogen and oxygen atoms in total. The lowest BCUT2D eigenvalue weighted by atomic mass is 10.2. The number of hydrogen-bond donors (Lipinski definition) is 1. The van der Waals surface area contributed by atoms with E-state index in [1.807, 2.05) is 19.9 Å². The van der Waals surface area contributed by atoms with Gasteiger partial charge in [0.2, 0.25) is 0 Å². The van der Waals surface area contributed by atoms with Crippen LogP contribution in [0.5, 0.6) is 5.75 Å². The second-order valence-corrected chi connectivity index (χ2v) is 4.33. The van der Waals surface area contributed by atoms with E-state index < -0.39 is 0 Å². The molecule has 1 aromatic rings. The number of carbonyl (C=O) groups excluding carboxylic acids is 1. The summed E-state index contributed by atoms with van der Waals surface area (Å²) < 4.78 is 5.29. The molecule has 96 valence electrons. The molecule has 0 aromatic heterocycles. The van der Waals surface area contributed by atoms with E-state index in [9.17, 15) is 4.79 Å². The van der Waals surface area contributed by atoms with Crippen LogP contribution in [0.15, 0.2) is 18.2 Å². The van der Waals surface area contributed by atoms with Crippen molar-refractivity contribution in [1.29, 1.82) is 5.26 Å². The number of benzene rings is 1. The van der Waals surface area contributed by atoms with Crippen molar-refractivity contribution in [3.63, 3.8) is 0 Å². The topological polar surface area (TPSA) is 62.1 Å². The Kier molecular flexibility index (Phi) is 5.47. The average molecular weight is 267 g/mol. The largest absolute Gasteiger partial charge is 0.482 e. The van der Waals surface area contributed by atoms with Crippen molar-refractivity contribution in [1.82, 2.24) is 5.32 Å². The van der Waals surface area contributed by atoms with Gasteiger partial charge in [-0.25, -0.2) is 0 Å². The minimum atomic E-state index is -0.190. The van der Waals surface area contributed by atoms with Crippen LogP contribution in [0, 0.1) is 11.3 Å². The number of nitrogens with zero attached hydrogens (tertiary/aromatic N) is 1. The highest BCUT2D eigenvalue weighted by molar-refractivity contribution is 6.32. The maximum atomic E-state index is 11.5. The van der Waals surface area contributed by atoms with Gasteiger partial charge in [0, 0.05) is 6.04 Å². The summed E-state index contributed by atoms with van der Waals surface area (Å²) in [5.41, 5.74) is 0.455. The maximum absolute atomic E-state index is 11.5. The predicted molar refractivity (Wildman–Crippen MR) is 69.6 cm³/mol. The van der Waals surface area contributed by atoms with Crippen molar-refractivity contribution in [2.75, 3.05) is 6.61 Å². The molecule has 0 unspecified atom stereocenters. The van der Waals surface area contributed by atoms with Crippen LogP contribution in [0.25, 0.3) is 0 Å². The second kappa shape index (κ2) is 6.87. The van der Waals surface area contributed by atoms with Gasteiger partial charge >= 0.3 is 0 Å². The number of amides is 1. The zero-order valence-electron chi connectivity index (χ0n) is 10.4. The van der Waals surface area contributed by atoms with E-state index in [-0.39, 0.29) is 18.6 Å². The van der Waals surface area contributed by atoms with Gasteiger partial charge in [0.15, 0.2) is 6.61 Å². The lowest BCUT2D eigenvalue weighted by molar-refractivity contribution is -0.123. The van der Waals surface area contributed by atoms with Crippen LogP contribution in [0.2, 0.25) is 5.02 Å². The van der Waals surface area contributed by atoms with Gasteiger partial charge < -0.3 is 10.1 Å². The van der Waals surface area contributed by atoms with E-state index in [4.69, 9.17) is 21.6 Å². The number of nitriles is 1.